The van der Waals surface area contributed by atoms with Gasteiger partial charge in [-0.1, -0.05) is 0 Å². The average molecular weight is 570 g/mol. The highest BCUT2D eigenvalue weighted by molar-refractivity contribution is 6.06. The molecule has 5 aromatic rings. The normalized spacial score (nSPS) is 11.8. The maximum Gasteiger partial charge on any atom is 0.416 e. The Kier molecular flexibility index (Phi) is 7.13. The lowest BCUT2D eigenvalue weighted by Gasteiger charge is -2.16. The molecule has 0 unspecified atom stereocenters. The molecule has 0 bridgehead atoms. The van der Waals surface area contributed by atoms with Crippen molar-refractivity contribution in [1.82, 2.24) is 19.9 Å². The zero-order valence-electron chi connectivity index (χ0n) is 20.5. The number of hydrogen-bond acceptors (Lipinski definition) is 6. The van der Waals surface area contributed by atoms with Gasteiger partial charge < -0.3 is 15.4 Å². The summed E-state index contributed by atoms with van der Waals surface area (Å²) in [5.41, 5.74) is -2.23. The number of ether oxygens (including phenoxy) is 1. The molecule has 0 radical (unpaired) electrons. The van der Waals surface area contributed by atoms with Gasteiger partial charge in [-0.2, -0.15) is 26.3 Å². The molecule has 0 aliphatic carbocycles. The quantitative estimate of drug-likeness (QED) is 0.212. The van der Waals surface area contributed by atoms with Crippen LogP contribution < -0.4 is 15.4 Å². The van der Waals surface area contributed by atoms with Crippen molar-refractivity contribution in [2.45, 2.75) is 12.4 Å². The minimum absolute atomic E-state index is 0.0290. The Balaban J connectivity index is 1.43. The van der Waals surface area contributed by atoms with E-state index in [0.29, 0.717) is 34.3 Å². The summed E-state index contributed by atoms with van der Waals surface area (Å²) < 4.78 is 85.2. The first-order chi connectivity index (χ1) is 19.5. The number of urea groups is 1. The molecule has 2 N–H and O–H groups in total. The van der Waals surface area contributed by atoms with E-state index in [9.17, 15) is 31.1 Å². The van der Waals surface area contributed by atoms with Gasteiger partial charge in [0.25, 0.3) is 0 Å². The minimum atomic E-state index is -5.06. The fraction of sp³-hybridized carbons (Fsp3) is 0.0741. The standard InChI is InChI=1S/C27H16F6N6O2/c28-26(29,30)15-11-16(27(31,32)33)13-17(12-15)38-25(40)39-21-5-6-22(23-18(21)3-1-8-35-23)41-24-19(4-2-9-36-24)20-7-10-34-14-37-20/h1-14H,(H2,38,39,40). The summed E-state index contributed by atoms with van der Waals surface area (Å²) in [5.74, 6) is 0.467. The summed E-state index contributed by atoms with van der Waals surface area (Å²) in [6, 6.07) is 10.9. The highest BCUT2D eigenvalue weighted by Gasteiger charge is 2.37. The second kappa shape index (κ2) is 10.7. The van der Waals surface area contributed by atoms with Crippen LogP contribution in [0.3, 0.4) is 0 Å². The highest BCUT2D eigenvalue weighted by Crippen LogP contribution is 2.38. The van der Waals surface area contributed by atoms with E-state index in [4.69, 9.17) is 4.74 Å². The van der Waals surface area contributed by atoms with Crippen LogP contribution in [0.15, 0.2) is 85.6 Å². The third-order valence-electron chi connectivity index (χ3n) is 5.66. The number of rotatable bonds is 5. The molecule has 41 heavy (non-hydrogen) atoms. The van der Waals surface area contributed by atoms with Gasteiger partial charge in [0.15, 0.2) is 5.75 Å². The first kappa shape index (κ1) is 27.3. The number of fused-ring (bicyclic) bond motifs is 1. The lowest BCUT2D eigenvalue weighted by molar-refractivity contribution is -0.143. The number of amides is 2. The van der Waals surface area contributed by atoms with Gasteiger partial charge in [-0.3, -0.25) is 4.98 Å². The van der Waals surface area contributed by atoms with Gasteiger partial charge in [-0.25, -0.2) is 19.7 Å². The van der Waals surface area contributed by atoms with E-state index in [1.54, 1.807) is 36.5 Å². The number of halogens is 6. The molecule has 3 heterocycles. The van der Waals surface area contributed by atoms with E-state index in [1.165, 1.54) is 30.9 Å². The average Bonchev–Trinajstić information content (AvgIpc) is 2.94. The molecular formula is C27H16F6N6O2. The van der Waals surface area contributed by atoms with Crippen molar-refractivity contribution in [3.05, 3.63) is 96.7 Å². The smallest absolute Gasteiger partial charge is 0.416 e. The van der Waals surface area contributed by atoms with E-state index in [1.807, 2.05) is 5.32 Å². The topological polar surface area (TPSA) is 102 Å². The van der Waals surface area contributed by atoms with Crippen molar-refractivity contribution in [2.24, 2.45) is 0 Å². The van der Waals surface area contributed by atoms with Crippen molar-refractivity contribution in [1.29, 1.82) is 0 Å². The fourth-order valence-electron chi connectivity index (χ4n) is 3.87. The van der Waals surface area contributed by atoms with Crippen LogP contribution in [0.1, 0.15) is 11.1 Å². The molecule has 2 aromatic carbocycles. The number of anilines is 2. The monoisotopic (exact) mass is 570 g/mol. The summed E-state index contributed by atoms with van der Waals surface area (Å²) in [5, 5.41) is 4.85. The summed E-state index contributed by atoms with van der Waals surface area (Å²) in [6.45, 7) is 0. The zero-order valence-corrected chi connectivity index (χ0v) is 20.5. The minimum Gasteiger partial charge on any atom is -0.436 e. The predicted octanol–water partition coefficient (Wildman–Crippen LogP) is 7.56. The largest absolute Gasteiger partial charge is 0.436 e. The number of benzene rings is 2. The second-order valence-electron chi connectivity index (χ2n) is 8.44. The van der Waals surface area contributed by atoms with Crippen LogP contribution in [0.5, 0.6) is 11.6 Å². The molecule has 0 fully saturated rings. The summed E-state index contributed by atoms with van der Waals surface area (Å²) in [6.07, 6.45) is -4.19. The molecule has 0 aliphatic heterocycles. The number of pyridine rings is 2. The van der Waals surface area contributed by atoms with Gasteiger partial charge in [0.2, 0.25) is 5.88 Å². The predicted molar refractivity (Wildman–Crippen MR) is 136 cm³/mol. The van der Waals surface area contributed by atoms with Gasteiger partial charge >= 0.3 is 18.4 Å². The van der Waals surface area contributed by atoms with Crippen molar-refractivity contribution >= 4 is 28.3 Å². The zero-order chi connectivity index (χ0) is 29.2. The Morgan fingerprint density at radius 3 is 2.15 bits per heavy atom. The van der Waals surface area contributed by atoms with Crippen LogP contribution in [0.4, 0.5) is 42.5 Å². The number of nitrogens with one attached hydrogen (secondary N) is 2. The Labute approximate surface area is 227 Å². The maximum atomic E-state index is 13.2. The Bertz CT molecular complexity index is 1700. The van der Waals surface area contributed by atoms with Crippen molar-refractivity contribution in [3.63, 3.8) is 0 Å². The molecule has 0 spiro atoms. The molecule has 3 aromatic heterocycles. The van der Waals surface area contributed by atoms with Crippen LogP contribution >= 0.6 is 0 Å². The van der Waals surface area contributed by atoms with E-state index < -0.39 is 35.2 Å². The summed E-state index contributed by atoms with van der Waals surface area (Å²) in [4.78, 5) is 29.3. The van der Waals surface area contributed by atoms with Gasteiger partial charge in [0, 0.05) is 29.7 Å². The SMILES string of the molecule is O=C(Nc1cc(C(F)(F)F)cc(C(F)(F)F)c1)Nc1ccc(Oc2ncccc2-c2ccncn2)c2ncccc12. The molecule has 5 rings (SSSR count). The van der Waals surface area contributed by atoms with Crippen LogP contribution in [-0.4, -0.2) is 26.0 Å². The Morgan fingerprint density at radius 1 is 0.756 bits per heavy atom. The molecular weight excluding hydrogens is 554 g/mol. The third kappa shape index (κ3) is 6.16. The Hall–Kier alpha value is -5.27. The van der Waals surface area contributed by atoms with Crippen molar-refractivity contribution < 1.29 is 35.9 Å². The van der Waals surface area contributed by atoms with E-state index >= 15 is 0 Å². The molecule has 0 saturated heterocycles. The first-order valence-corrected chi connectivity index (χ1v) is 11.6. The van der Waals surface area contributed by atoms with Gasteiger partial charge in [-0.05, 0) is 60.7 Å². The van der Waals surface area contributed by atoms with Crippen LogP contribution in [0.25, 0.3) is 22.2 Å². The molecule has 0 aliphatic rings. The fourth-order valence-corrected chi connectivity index (χ4v) is 3.87. The van der Waals surface area contributed by atoms with Gasteiger partial charge in [0.05, 0.1) is 28.1 Å². The molecule has 0 atom stereocenters. The summed E-state index contributed by atoms with van der Waals surface area (Å²) >= 11 is 0. The van der Waals surface area contributed by atoms with Gasteiger partial charge in [-0.15, -0.1) is 0 Å². The second-order valence-corrected chi connectivity index (χ2v) is 8.44. The maximum absolute atomic E-state index is 13.2. The summed E-state index contributed by atoms with van der Waals surface area (Å²) in [7, 11) is 0. The third-order valence-corrected chi connectivity index (χ3v) is 5.66. The highest BCUT2D eigenvalue weighted by atomic mass is 19.4. The number of carbonyl (C=O) groups is 1. The Morgan fingerprint density at radius 2 is 1.46 bits per heavy atom. The first-order valence-electron chi connectivity index (χ1n) is 11.6. The lowest BCUT2D eigenvalue weighted by atomic mass is 10.1. The molecule has 8 nitrogen and oxygen atoms in total. The number of aromatic nitrogens is 4. The number of carbonyl (C=O) groups excluding carboxylic acids is 1. The molecule has 2 amide bonds. The van der Waals surface area contributed by atoms with Crippen LogP contribution in [0, 0.1) is 0 Å². The lowest BCUT2D eigenvalue weighted by Crippen LogP contribution is -2.21. The van der Waals surface area contributed by atoms with E-state index in [0.717, 1.165) is 0 Å². The molecule has 0 saturated carbocycles. The van der Waals surface area contributed by atoms with E-state index in [-0.39, 0.29) is 23.4 Å². The van der Waals surface area contributed by atoms with Crippen molar-refractivity contribution in [2.75, 3.05) is 10.6 Å². The van der Waals surface area contributed by atoms with Crippen LogP contribution in [0.2, 0.25) is 0 Å². The van der Waals surface area contributed by atoms with E-state index in [2.05, 4.69) is 25.3 Å². The van der Waals surface area contributed by atoms with Crippen molar-refractivity contribution in [3.8, 4) is 22.9 Å². The van der Waals surface area contributed by atoms with Crippen LogP contribution in [-0.2, 0) is 12.4 Å². The van der Waals surface area contributed by atoms with Gasteiger partial charge in [0.1, 0.15) is 11.8 Å². The molecule has 208 valence electrons. The number of nitrogens with zero attached hydrogens (tertiary/aromatic N) is 4. The molecule has 14 heteroatoms. The number of hydrogen-bond donors (Lipinski definition) is 2. The number of alkyl halides is 6.